The lowest BCUT2D eigenvalue weighted by Gasteiger charge is -2.30. The zero-order chi connectivity index (χ0) is 12.3. The molecule has 0 saturated carbocycles. The molecule has 0 radical (unpaired) electrons. The van der Waals surface area contributed by atoms with E-state index < -0.39 is 5.54 Å². The molecule has 1 rings (SSSR count). The largest absolute Gasteiger partial charge is 0.468 e. The Kier molecular flexibility index (Phi) is 4.33. The van der Waals surface area contributed by atoms with Gasteiger partial charge in [-0.2, -0.15) is 0 Å². The molecule has 0 aliphatic carbocycles. The molecule has 1 fully saturated rings. The lowest BCUT2D eigenvalue weighted by molar-refractivity contribution is -0.147. The minimum absolute atomic E-state index is 0.327. The number of ether oxygens (including phenoxy) is 1. The van der Waals surface area contributed by atoms with Crippen LogP contribution in [0.4, 0.5) is 0 Å². The monoisotopic (exact) mass is 228 g/mol. The van der Waals surface area contributed by atoms with E-state index in [1.165, 1.54) is 13.5 Å². The van der Waals surface area contributed by atoms with Crippen molar-refractivity contribution in [3.63, 3.8) is 0 Å². The summed E-state index contributed by atoms with van der Waals surface area (Å²) in [6, 6.07) is 0.332. The fourth-order valence-corrected chi connectivity index (χ4v) is 2.43. The predicted molar refractivity (Wildman–Crippen MR) is 64.0 cm³/mol. The van der Waals surface area contributed by atoms with Crippen LogP contribution in [0.1, 0.15) is 33.6 Å². The van der Waals surface area contributed by atoms with Gasteiger partial charge in [0.15, 0.2) is 0 Å². The van der Waals surface area contributed by atoms with E-state index >= 15 is 0 Å². The second kappa shape index (κ2) is 5.15. The molecule has 3 unspecified atom stereocenters. The van der Waals surface area contributed by atoms with E-state index in [0.29, 0.717) is 12.5 Å². The standard InChI is InChI=1S/C12H24N2O2/c1-9-5-6-14(8-9)10(2)7-12(3,13)11(15)16-4/h9-10H,5-8,13H2,1-4H3. The maximum Gasteiger partial charge on any atom is 0.325 e. The average molecular weight is 228 g/mol. The molecule has 16 heavy (non-hydrogen) atoms. The number of nitrogens with zero attached hydrogens (tertiary/aromatic N) is 1. The molecule has 0 aromatic heterocycles. The van der Waals surface area contributed by atoms with E-state index in [4.69, 9.17) is 10.5 Å². The highest BCUT2D eigenvalue weighted by molar-refractivity contribution is 5.79. The highest BCUT2D eigenvalue weighted by Gasteiger charge is 2.34. The molecule has 0 aromatic rings. The van der Waals surface area contributed by atoms with Crippen molar-refractivity contribution in [2.24, 2.45) is 11.7 Å². The van der Waals surface area contributed by atoms with Crippen molar-refractivity contribution in [3.05, 3.63) is 0 Å². The Balaban J connectivity index is 2.50. The first-order chi connectivity index (χ1) is 7.36. The van der Waals surface area contributed by atoms with Crippen molar-refractivity contribution in [1.29, 1.82) is 0 Å². The first kappa shape index (κ1) is 13.5. The van der Waals surface area contributed by atoms with Crippen LogP contribution in [0.5, 0.6) is 0 Å². The molecule has 0 amide bonds. The fourth-order valence-electron chi connectivity index (χ4n) is 2.43. The predicted octanol–water partition coefficient (Wildman–Crippen LogP) is 0.997. The maximum atomic E-state index is 11.5. The smallest absolute Gasteiger partial charge is 0.325 e. The fraction of sp³-hybridized carbons (Fsp3) is 0.917. The Hall–Kier alpha value is -0.610. The van der Waals surface area contributed by atoms with Gasteiger partial charge in [-0.25, -0.2) is 0 Å². The molecule has 3 atom stereocenters. The Bertz CT molecular complexity index is 253. The summed E-state index contributed by atoms with van der Waals surface area (Å²) in [5.41, 5.74) is 5.10. The van der Waals surface area contributed by atoms with Crippen LogP contribution in [0.2, 0.25) is 0 Å². The lowest BCUT2D eigenvalue weighted by Crippen LogP contribution is -2.50. The molecule has 0 bridgehead atoms. The second-order valence-electron chi connectivity index (χ2n) is 5.35. The molecule has 1 aliphatic heterocycles. The summed E-state index contributed by atoms with van der Waals surface area (Å²) in [6.07, 6.45) is 1.89. The number of carbonyl (C=O) groups is 1. The number of rotatable bonds is 4. The van der Waals surface area contributed by atoms with Gasteiger partial charge in [-0.05, 0) is 39.2 Å². The third-order valence-corrected chi connectivity index (χ3v) is 3.45. The van der Waals surface area contributed by atoms with E-state index in [9.17, 15) is 4.79 Å². The summed E-state index contributed by atoms with van der Waals surface area (Å²) in [6.45, 7) is 8.35. The van der Waals surface area contributed by atoms with Gasteiger partial charge in [0, 0.05) is 12.6 Å². The van der Waals surface area contributed by atoms with E-state index in [-0.39, 0.29) is 5.97 Å². The summed E-state index contributed by atoms with van der Waals surface area (Å²) < 4.78 is 4.72. The zero-order valence-electron chi connectivity index (χ0n) is 10.8. The van der Waals surface area contributed by atoms with Crippen molar-refractivity contribution in [1.82, 2.24) is 4.90 Å². The molecule has 4 nitrogen and oxygen atoms in total. The third-order valence-electron chi connectivity index (χ3n) is 3.45. The normalized spacial score (nSPS) is 27.4. The molecule has 0 spiro atoms. The molecular weight excluding hydrogens is 204 g/mol. The molecule has 4 heteroatoms. The zero-order valence-corrected chi connectivity index (χ0v) is 10.8. The summed E-state index contributed by atoms with van der Waals surface area (Å²) in [5, 5.41) is 0. The molecule has 1 saturated heterocycles. The summed E-state index contributed by atoms with van der Waals surface area (Å²) in [4.78, 5) is 13.9. The van der Waals surface area contributed by atoms with Crippen molar-refractivity contribution in [2.45, 2.75) is 45.2 Å². The van der Waals surface area contributed by atoms with Gasteiger partial charge in [-0.3, -0.25) is 4.79 Å². The Morgan fingerprint density at radius 2 is 2.31 bits per heavy atom. The topological polar surface area (TPSA) is 55.6 Å². The van der Waals surface area contributed by atoms with Crippen LogP contribution in [0.15, 0.2) is 0 Å². The Morgan fingerprint density at radius 1 is 1.69 bits per heavy atom. The number of nitrogens with two attached hydrogens (primary N) is 1. The van der Waals surface area contributed by atoms with Crippen LogP contribution in [0, 0.1) is 5.92 Å². The highest BCUT2D eigenvalue weighted by atomic mass is 16.5. The van der Waals surface area contributed by atoms with Crippen molar-refractivity contribution in [2.75, 3.05) is 20.2 Å². The van der Waals surface area contributed by atoms with Crippen molar-refractivity contribution < 1.29 is 9.53 Å². The van der Waals surface area contributed by atoms with E-state index in [2.05, 4.69) is 18.7 Å². The van der Waals surface area contributed by atoms with Gasteiger partial charge in [0.05, 0.1) is 7.11 Å². The van der Waals surface area contributed by atoms with Crippen LogP contribution in [0.3, 0.4) is 0 Å². The molecular formula is C12H24N2O2. The van der Waals surface area contributed by atoms with Gasteiger partial charge in [-0.1, -0.05) is 6.92 Å². The number of hydrogen-bond acceptors (Lipinski definition) is 4. The summed E-state index contributed by atoms with van der Waals surface area (Å²) >= 11 is 0. The number of hydrogen-bond donors (Lipinski definition) is 1. The molecule has 1 aliphatic rings. The van der Waals surface area contributed by atoms with Crippen LogP contribution in [0.25, 0.3) is 0 Å². The van der Waals surface area contributed by atoms with Gasteiger partial charge in [-0.15, -0.1) is 0 Å². The summed E-state index contributed by atoms with van der Waals surface area (Å²) in [5.74, 6) is 0.427. The number of likely N-dealkylation sites (tertiary alicyclic amines) is 1. The molecule has 0 aromatic carbocycles. The Labute approximate surface area is 98.1 Å². The summed E-state index contributed by atoms with van der Waals surface area (Å²) in [7, 11) is 1.38. The average Bonchev–Trinajstić information content (AvgIpc) is 2.63. The van der Waals surface area contributed by atoms with Gasteiger partial charge in [0.2, 0.25) is 0 Å². The van der Waals surface area contributed by atoms with E-state index in [1.54, 1.807) is 6.92 Å². The van der Waals surface area contributed by atoms with Gasteiger partial charge < -0.3 is 15.4 Å². The van der Waals surface area contributed by atoms with Gasteiger partial charge in [0.1, 0.15) is 5.54 Å². The van der Waals surface area contributed by atoms with Crippen LogP contribution >= 0.6 is 0 Å². The molecule has 94 valence electrons. The first-order valence-electron chi connectivity index (χ1n) is 5.98. The highest BCUT2D eigenvalue weighted by Crippen LogP contribution is 2.22. The first-order valence-corrected chi connectivity index (χ1v) is 5.98. The van der Waals surface area contributed by atoms with Gasteiger partial charge >= 0.3 is 5.97 Å². The van der Waals surface area contributed by atoms with E-state index in [0.717, 1.165) is 19.0 Å². The Morgan fingerprint density at radius 3 is 2.75 bits per heavy atom. The minimum Gasteiger partial charge on any atom is -0.468 e. The molecule has 1 heterocycles. The quantitative estimate of drug-likeness (QED) is 0.729. The SMILES string of the molecule is COC(=O)C(C)(N)CC(C)N1CCC(C)C1. The van der Waals surface area contributed by atoms with E-state index in [1.807, 2.05) is 0 Å². The van der Waals surface area contributed by atoms with Crippen molar-refractivity contribution >= 4 is 5.97 Å². The number of carbonyl (C=O) groups excluding carboxylic acids is 1. The van der Waals surface area contributed by atoms with Crippen LogP contribution in [-0.2, 0) is 9.53 Å². The maximum absolute atomic E-state index is 11.5. The van der Waals surface area contributed by atoms with Crippen LogP contribution in [-0.4, -0.2) is 42.6 Å². The third kappa shape index (κ3) is 3.19. The van der Waals surface area contributed by atoms with Crippen molar-refractivity contribution in [3.8, 4) is 0 Å². The minimum atomic E-state index is -0.875. The second-order valence-corrected chi connectivity index (χ2v) is 5.35. The molecule has 2 N–H and O–H groups in total. The van der Waals surface area contributed by atoms with Gasteiger partial charge in [0.25, 0.3) is 0 Å². The van der Waals surface area contributed by atoms with Crippen LogP contribution < -0.4 is 5.73 Å². The number of methoxy groups -OCH3 is 1. The number of esters is 1. The lowest BCUT2D eigenvalue weighted by atomic mass is 9.94.